The standard InChI is InChI=1S/3CHF3O3S.Lu/c3*2-1(3,4)8(5,6)7;/h3*(H,5,6,7);/q;;;+3/p-3. The molecule has 0 aromatic carbocycles. The minimum absolute atomic E-state index is 0. The van der Waals surface area contributed by atoms with Gasteiger partial charge in [0.2, 0.25) is 0 Å². The zero-order chi connectivity index (χ0) is 21.0. The van der Waals surface area contributed by atoms with Crippen LogP contribution in [-0.4, -0.2) is 55.4 Å². The largest absolute Gasteiger partial charge is 3.00 e. The topological polar surface area (TPSA) is 172 Å². The van der Waals surface area contributed by atoms with Gasteiger partial charge in [-0.2, -0.15) is 39.5 Å². The van der Waals surface area contributed by atoms with Crippen LogP contribution in [0.4, 0.5) is 39.5 Å². The molecule has 0 bridgehead atoms. The van der Waals surface area contributed by atoms with Gasteiger partial charge in [-0.1, -0.05) is 0 Å². The van der Waals surface area contributed by atoms with Crippen LogP contribution in [0.3, 0.4) is 0 Å². The van der Waals surface area contributed by atoms with Crippen LogP contribution in [0.15, 0.2) is 0 Å². The molecule has 22 heteroatoms. The normalized spacial score (nSPS) is 13.4. The Morgan fingerprint density at radius 2 is 0.480 bits per heavy atom. The van der Waals surface area contributed by atoms with Crippen LogP contribution in [0.2, 0.25) is 0 Å². The Morgan fingerprint density at radius 3 is 0.480 bits per heavy atom. The number of halogens is 9. The first-order chi connectivity index (χ1) is 9.75. The zero-order valence-electron chi connectivity index (χ0n) is 10.1. The van der Waals surface area contributed by atoms with Crippen LogP contribution < -0.4 is 0 Å². The number of rotatable bonds is 0. The first-order valence-electron chi connectivity index (χ1n) is 3.81. The summed E-state index contributed by atoms with van der Waals surface area (Å²) in [7, 11) is -18.3. The summed E-state index contributed by atoms with van der Waals surface area (Å²) in [5.41, 5.74) is -16.9. The summed E-state index contributed by atoms with van der Waals surface area (Å²) in [5.74, 6) is 0. The Kier molecular flexibility index (Phi) is 13.2. The Labute approximate surface area is 161 Å². The van der Waals surface area contributed by atoms with Gasteiger partial charge in [0.25, 0.3) is 0 Å². The first kappa shape index (κ1) is 33.0. The third kappa shape index (κ3) is 16.2. The maximum atomic E-state index is 10.7. The number of hydrogen-bond donors (Lipinski definition) is 0. The zero-order valence-corrected chi connectivity index (χ0v) is 14.2. The minimum atomic E-state index is -6.09. The van der Waals surface area contributed by atoms with E-state index in [1.807, 2.05) is 0 Å². The second kappa shape index (κ2) is 10.0. The van der Waals surface area contributed by atoms with E-state index in [0.717, 1.165) is 0 Å². The molecule has 0 saturated heterocycles. The molecule has 0 amide bonds. The smallest absolute Gasteiger partial charge is 0.741 e. The predicted octanol–water partition coefficient (Wildman–Crippen LogP) is 0.154. The molecule has 0 atom stereocenters. The molecule has 0 spiro atoms. The second-order valence-electron chi connectivity index (χ2n) is 2.70. The Bertz CT molecular complexity index is 596. The fraction of sp³-hybridized carbons (Fsp3) is 1.00. The van der Waals surface area contributed by atoms with Crippen LogP contribution in [0, 0.1) is 36.9 Å². The summed E-state index contributed by atoms with van der Waals surface area (Å²) in [5, 5.41) is 0. The van der Waals surface area contributed by atoms with Crippen molar-refractivity contribution in [1.29, 1.82) is 0 Å². The molecule has 0 N–H and O–H groups in total. The number of alkyl halides is 9. The molecule has 0 fully saturated rings. The van der Waals surface area contributed by atoms with Crippen molar-refractivity contribution in [2.24, 2.45) is 0 Å². The molecule has 0 aliphatic carbocycles. The fourth-order valence-electron chi connectivity index (χ4n) is 0. The van der Waals surface area contributed by atoms with Gasteiger partial charge in [0.15, 0.2) is 30.4 Å². The predicted molar refractivity (Wildman–Crippen MR) is 47.3 cm³/mol. The van der Waals surface area contributed by atoms with Gasteiger partial charge >= 0.3 is 53.4 Å². The van der Waals surface area contributed by atoms with E-state index in [1.54, 1.807) is 0 Å². The van der Waals surface area contributed by atoms with Gasteiger partial charge in [-0.25, -0.2) is 25.3 Å². The molecule has 0 aliphatic heterocycles. The molecule has 0 saturated carbocycles. The van der Waals surface area contributed by atoms with Crippen molar-refractivity contribution >= 4 is 30.4 Å². The summed E-state index contributed by atoms with van der Waals surface area (Å²) in [6.45, 7) is 0. The average molecular weight is 622 g/mol. The number of hydrogen-bond acceptors (Lipinski definition) is 9. The molecule has 0 aromatic rings. The van der Waals surface area contributed by atoms with Gasteiger partial charge in [-0.05, 0) is 0 Å². The van der Waals surface area contributed by atoms with Gasteiger partial charge in [0.05, 0.1) is 0 Å². The van der Waals surface area contributed by atoms with Gasteiger partial charge in [-0.15, -0.1) is 0 Å². The van der Waals surface area contributed by atoms with E-state index in [2.05, 4.69) is 0 Å². The third-order valence-electron chi connectivity index (χ3n) is 0.850. The van der Waals surface area contributed by atoms with Crippen molar-refractivity contribution < 1.29 is 115 Å². The van der Waals surface area contributed by atoms with E-state index in [9.17, 15) is 39.5 Å². The summed E-state index contributed by atoms with van der Waals surface area (Å²) >= 11 is 0. The Hall–Kier alpha value is 0.334. The van der Waals surface area contributed by atoms with Gasteiger partial charge in [0.1, 0.15) is 0 Å². The molecular weight excluding hydrogens is 622 g/mol. The summed E-state index contributed by atoms with van der Waals surface area (Å²) in [6.07, 6.45) is 0. The van der Waals surface area contributed by atoms with Crippen molar-refractivity contribution in [3.63, 3.8) is 0 Å². The van der Waals surface area contributed by atoms with Crippen molar-refractivity contribution in [2.45, 2.75) is 16.5 Å². The van der Waals surface area contributed by atoms with Gasteiger partial charge < -0.3 is 13.7 Å². The molecule has 0 radical (unpaired) electrons. The van der Waals surface area contributed by atoms with Crippen LogP contribution in [0.1, 0.15) is 0 Å². The monoisotopic (exact) mass is 622 g/mol. The molecule has 162 valence electrons. The SMILES string of the molecule is O=S(=O)([O-])C(F)(F)F.O=S(=O)([O-])C(F)(F)F.O=S(=O)([O-])C(F)(F)F.[Lu+3]. The van der Waals surface area contributed by atoms with E-state index < -0.39 is 46.9 Å². The third-order valence-corrected chi connectivity index (χ3v) is 2.55. The summed E-state index contributed by atoms with van der Waals surface area (Å²) < 4.78 is 177. The summed E-state index contributed by atoms with van der Waals surface area (Å²) in [6, 6.07) is 0. The van der Waals surface area contributed by atoms with E-state index in [4.69, 9.17) is 38.9 Å². The van der Waals surface area contributed by atoms with Crippen molar-refractivity contribution in [3.05, 3.63) is 0 Å². The quantitative estimate of drug-likeness (QED) is 0.207. The Balaban J connectivity index is -0.000000130. The molecule has 0 aliphatic rings. The van der Waals surface area contributed by atoms with Crippen molar-refractivity contribution in [3.8, 4) is 0 Å². The van der Waals surface area contributed by atoms with E-state index in [-0.39, 0.29) is 36.9 Å². The fourth-order valence-corrected chi connectivity index (χ4v) is 0. The van der Waals surface area contributed by atoms with Crippen LogP contribution >= 0.6 is 0 Å². The molecule has 0 heterocycles. The molecular formula is C3F9LuO9S3. The molecule has 9 nitrogen and oxygen atoms in total. The van der Waals surface area contributed by atoms with E-state index >= 15 is 0 Å². The van der Waals surface area contributed by atoms with E-state index in [1.165, 1.54) is 0 Å². The molecule has 0 unspecified atom stereocenters. The van der Waals surface area contributed by atoms with Crippen LogP contribution in [-0.2, 0) is 30.4 Å². The average Bonchev–Trinajstić information content (AvgIpc) is 2.08. The molecule has 0 rings (SSSR count). The second-order valence-corrected chi connectivity index (χ2v) is 6.81. The van der Waals surface area contributed by atoms with Gasteiger partial charge in [-0.3, -0.25) is 0 Å². The van der Waals surface area contributed by atoms with Crippen LogP contribution in [0.5, 0.6) is 0 Å². The van der Waals surface area contributed by atoms with Crippen LogP contribution in [0.25, 0.3) is 0 Å². The summed E-state index contributed by atoms with van der Waals surface area (Å²) in [4.78, 5) is 0. The Morgan fingerprint density at radius 1 is 0.440 bits per heavy atom. The van der Waals surface area contributed by atoms with E-state index in [0.29, 0.717) is 0 Å². The first-order valence-corrected chi connectivity index (χ1v) is 8.04. The maximum absolute atomic E-state index is 10.7. The van der Waals surface area contributed by atoms with Crippen molar-refractivity contribution in [1.82, 2.24) is 0 Å². The maximum Gasteiger partial charge on any atom is 3.00 e. The molecule has 0 aromatic heterocycles. The van der Waals surface area contributed by atoms with Gasteiger partial charge in [0, 0.05) is 0 Å². The van der Waals surface area contributed by atoms with Crippen molar-refractivity contribution in [2.75, 3.05) is 0 Å². The minimum Gasteiger partial charge on any atom is -0.741 e. The molecule has 25 heavy (non-hydrogen) atoms.